The highest BCUT2D eigenvalue weighted by atomic mass is 32.1. The highest BCUT2D eigenvalue weighted by Gasteiger charge is 2.24. The maximum atomic E-state index is 12.3. The zero-order valence-corrected chi connectivity index (χ0v) is 11.6. The van der Waals surface area contributed by atoms with Crippen LogP contribution < -0.4 is 0 Å². The molecule has 2 heterocycles. The fourth-order valence-corrected chi connectivity index (χ4v) is 3.23. The lowest BCUT2D eigenvalue weighted by molar-refractivity contribution is 0.0353. The molecule has 1 unspecified atom stereocenters. The molecule has 2 aromatic rings. The van der Waals surface area contributed by atoms with E-state index in [2.05, 4.69) is 17.1 Å². The topological polar surface area (TPSA) is 39.2 Å². The van der Waals surface area contributed by atoms with Crippen molar-refractivity contribution in [1.29, 1.82) is 0 Å². The van der Waals surface area contributed by atoms with Crippen LogP contribution in [0.4, 0.5) is 0 Å². The van der Waals surface area contributed by atoms with Gasteiger partial charge in [0.15, 0.2) is 5.78 Å². The van der Waals surface area contributed by atoms with Crippen molar-refractivity contribution in [3.63, 3.8) is 0 Å². The van der Waals surface area contributed by atoms with E-state index in [-0.39, 0.29) is 11.9 Å². The molecular weight excluding hydrogens is 258 g/mol. The third-order valence-electron chi connectivity index (χ3n) is 3.46. The zero-order chi connectivity index (χ0) is 13.2. The first kappa shape index (κ1) is 12.5. The predicted molar refractivity (Wildman–Crippen MR) is 74.6 cm³/mol. The van der Waals surface area contributed by atoms with E-state index in [1.165, 1.54) is 16.9 Å². The molecule has 1 aliphatic heterocycles. The summed E-state index contributed by atoms with van der Waals surface area (Å²) in [5, 5.41) is 0. The molecule has 0 fully saturated rings. The summed E-state index contributed by atoms with van der Waals surface area (Å²) in [5.41, 5.74) is 4.99. The van der Waals surface area contributed by atoms with Crippen LogP contribution in [0.15, 0.2) is 29.8 Å². The van der Waals surface area contributed by atoms with Gasteiger partial charge < -0.3 is 4.74 Å². The normalized spacial score (nSPS) is 18.1. The number of thiazole rings is 1. The molecule has 0 radical (unpaired) electrons. The number of aryl methyl sites for hydroxylation is 1. The highest BCUT2D eigenvalue weighted by molar-refractivity contribution is 7.11. The molecule has 0 bridgehead atoms. The number of ketones is 1. The summed E-state index contributed by atoms with van der Waals surface area (Å²) in [4.78, 5) is 17.2. The van der Waals surface area contributed by atoms with Crippen LogP contribution in [0.1, 0.15) is 39.0 Å². The number of hydrogen-bond donors (Lipinski definition) is 0. The van der Waals surface area contributed by atoms with Gasteiger partial charge in [-0.3, -0.25) is 4.79 Å². The summed E-state index contributed by atoms with van der Waals surface area (Å²) in [6, 6.07) is 8.22. The molecule has 1 atom stereocenters. The lowest BCUT2D eigenvalue weighted by Gasteiger charge is -2.25. The number of rotatable bonds is 3. The number of carbonyl (C=O) groups is 1. The molecule has 0 amide bonds. The Kier molecular flexibility index (Phi) is 3.44. The standard InChI is InChI=1S/C15H15NO2S/c1-10-15(19-9-16-10)13(17)8-14-12-5-3-2-4-11(12)6-7-18-14/h2-5,9,14H,6-8H2,1H3. The van der Waals surface area contributed by atoms with Gasteiger partial charge in [0.1, 0.15) is 0 Å². The minimum atomic E-state index is -0.112. The van der Waals surface area contributed by atoms with Crippen LogP contribution in [0.3, 0.4) is 0 Å². The largest absolute Gasteiger partial charge is 0.373 e. The molecule has 1 aromatic carbocycles. The van der Waals surface area contributed by atoms with E-state index in [0.717, 1.165) is 22.6 Å². The summed E-state index contributed by atoms with van der Waals surface area (Å²) >= 11 is 1.41. The molecule has 98 valence electrons. The van der Waals surface area contributed by atoms with Crippen molar-refractivity contribution in [2.45, 2.75) is 25.9 Å². The van der Waals surface area contributed by atoms with Gasteiger partial charge in [0.05, 0.1) is 28.8 Å². The fraction of sp³-hybridized carbons (Fsp3) is 0.333. The fourth-order valence-electron chi connectivity index (χ4n) is 2.48. The van der Waals surface area contributed by atoms with Crippen LogP contribution in [0.2, 0.25) is 0 Å². The van der Waals surface area contributed by atoms with Gasteiger partial charge in [-0.2, -0.15) is 0 Å². The lowest BCUT2D eigenvalue weighted by Crippen LogP contribution is -2.19. The first-order valence-electron chi connectivity index (χ1n) is 6.38. The van der Waals surface area contributed by atoms with Crippen molar-refractivity contribution >= 4 is 17.1 Å². The van der Waals surface area contributed by atoms with Gasteiger partial charge in [0.25, 0.3) is 0 Å². The molecule has 1 aromatic heterocycles. The quantitative estimate of drug-likeness (QED) is 0.805. The summed E-state index contributed by atoms with van der Waals surface area (Å²) in [5.74, 6) is 0.127. The van der Waals surface area contributed by atoms with Crippen molar-refractivity contribution < 1.29 is 9.53 Å². The number of carbonyl (C=O) groups excluding carboxylic acids is 1. The highest BCUT2D eigenvalue weighted by Crippen LogP contribution is 2.31. The Balaban J connectivity index is 1.82. The molecule has 3 nitrogen and oxygen atoms in total. The SMILES string of the molecule is Cc1ncsc1C(=O)CC1OCCc2ccccc21. The summed E-state index contributed by atoms with van der Waals surface area (Å²) in [6.07, 6.45) is 1.22. The molecule has 4 heteroatoms. The monoisotopic (exact) mass is 273 g/mol. The smallest absolute Gasteiger partial charge is 0.177 e. The molecule has 0 aliphatic carbocycles. The Hall–Kier alpha value is -1.52. The molecular formula is C15H15NO2S. The Morgan fingerprint density at radius 1 is 1.47 bits per heavy atom. The van der Waals surface area contributed by atoms with Crippen molar-refractivity contribution in [2.75, 3.05) is 6.61 Å². The summed E-state index contributed by atoms with van der Waals surface area (Å²) < 4.78 is 5.78. The van der Waals surface area contributed by atoms with Crippen molar-refractivity contribution in [2.24, 2.45) is 0 Å². The van der Waals surface area contributed by atoms with Gasteiger partial charge in [0.2, 0.25) is 0 Å². The first-order chi connectivity index (χ1) is 9.25. The van der Waals surface area contributed by atoms with Crippen LogP contribution in [-0.2, 0) is 11.2 Å². The van der Waals surface area contributed by atoms with Gasteiger partial charge in [-0.15, -0.1) is 11.3 Å². The number of aromatic nitrogens is 1. The van der Waals surface area contributed by atoms with Crippen LogP contribution in [0, 0.1) is 6.92 Å². The lowest BCUT2D eigenvalue weighted by atomic mass is 9.94. The molecule has 3 rings (SSSR count). The Morgan fingerprint density at radius 2 is 2.32 bits per heavy atom. The molecule has 19 heavy (non-hydrogen) atoms. The van der Waals surface area contributed by atoms with Gasteiger partial charge in [-0.1, -0.05) is 24.3 Å². The second-order valence-electron chi connectivity index (χ2n) is 4.70. The Labute approximate surface area is 116 Å². The van der Waals surface area contributed by atoms with Crippen molar-refractivity contribution in [3.8, 4) is 0 Å². The molecule has 0 saturated heterocycles. The van der Waals surface area contributed by atoms with Gasteiger partial charge >= 0.3 is 0 Å². The van der Waals surface area contributed by atoms with Gasteiger partial charge in [-0.25, -0.2) is 4.98 Å². The van der Waals surface area contributed by atoms with Crippen LogP contribution in [0.5, 0.6) is 0 Å². The van der Waals surface area contributed by atoms with Crippen LogP contribution in [0.25, 0.3) is 0 Å². The summed E-state index contributed by atoms with van der Waals surface area (Å²) in [6.45, 7) is 2.57. The Bertz CT molecular complexity index is 606. The Morgan fingerprint density at radius 3 is 3.11 bits per heavy atom. The van der Waals surface area contributed by atoms with Gasteiger partial charge in [0, 0.05) is 6.42 Å². The number of hydrogen-bond acceptors (Lipinski definition) is 4. The number of benzene rings is 1. The minimum absolute atomic E-state index is 0.112. The van der Waals surface area contributed by atoms with E-state index in [1.54, 1.807) is 5.51 Å². The number of fused-ring (bicyclic) bond motifs is 1. The molecule has 0 saturated carbocycles. The second-order valence-corrected chi connectivity index (χ2v) is 5.56. The van der Waals surface area contributed by atoms with E-state index in [1.807, 2.05) is 19.1 Å². The average molecular weight is 273 g/mol. The average Bonchev–Trinajstić information content (AvgIpc) is 2.85. The predicted octanol–water partition coefficient (Wildman–Crippen LogP) is 3.34. The van der Waals surface area contributed by atoms with Crippen LogP contribution in [-0.4, -0.2) is 17.4 Å². The van der Waals surface area contributed by atoms with Crippen molar-refractivity contribution in [3.05, 3.63) is 51.5 Å². The van der Waals surface area contributed by atoms with E-state index in [0.29, 0.717) is 13.0 Å². The van der Waals surface area contributed by atoms with E-state index < -0.39 is 0 Å². The maximum absolute atomic E-state index is 12.3. The minimum Gasteiger partial charge on any atom is -0.373 e. The zero-order valence-electron chi connectivity index (χ0n) is 10.8. The summed E-state index contributed by atoms with van der Waals surface area (Å²) in [7, 11) is 0. The third-order valence-corrected chi connectivity index (χ3v) is 4.43. The van der Waals surface area contributed by atoms with E-state index >= 15 is 0 Å². The molecule has 0 N–H and O–H groups in total. The number of Topliss-reactive ketones (excluding diaryl/α,β-unsaturated/α-hetero) is 1. The van der Waals surface area contributed by atoms with Crippen LogP contribution >= 0.6 is 11.3 Å². The second kappa shape index (κ2) is 5.23. The van der Waals surface area contributed by atoms with Gasteiger partial charge in [-0.05, 0) is 24.5 Å². The molecule has 1 aliphatic rings. The molecule has 0 spiro atoms. The van der Waals surface area contributed by atoms with Crippen molar-refractivity contribution in [1.82, 2.24) is 4.98 Å². The number of nitrogens with zero attached hydrogens (tertiary/aromatic N) is 1. The third kappa shape index (κ3) is 2.46. The van der Waals surface area contributed by atoms with E-state index in [9.17, 15) is 4.79 Å². The number of ether oxygens (including phenoxy) is 1. The first-order valence-corrected chi connectivity index (χ1v) is 7.26. The maximum Gasteiger partial charge on any atom is 0.177 e. The van der Waals surface area contributed by atoms with E-state index in [4.69, 9.17) is 4.74 Å².